The van der Waals surface area contributed by atoms with Crippen molar-refractivity contribution >= 4 is 38.9 Å². The molecule has 0 atom stereocenters. The molecular weight excluding hydrogens is 761 g/mol. The summed E-state index contributed by atoms with van der Waals surface area (Å²) < 4.78 is 2.37. The van der Waals surface area contributed by atoms with Gasteiger partial charge >= 0.3 is 0 Å². The lowest BCUT2D eigenvalue weighted by Crippen LogP contribution is -2.25. The van der Waals surface area contributed by atoms with Crippen molar-refractivity contribution in [2.45, 2.75) is 5.41 Å². The van der Waals surface area contributed by atoms with Gasteiger partial charge in [-0.1, -0.05) is 182 Å². The molecule has 13 rings (SSSR count). The first-order valence-corrected chi connectivity index (χ1v) is 21.8. The molecule has 2 aliphatic rings. The quantitative estimate of drug-likeness (QED) is 0.163. The molecule has 2 aliphatic carbocycles. The SMILES string of the molecule is c1ccc(N(c2ccc(-c3ccc(-n4c5ccccc5c5ccccc54)cc3)cc2)c2ccc(-c3cccc4c3-c3ccccc3C43c4ccccc4-c4ccccc43)cc2)cc1. The number of hydrogen-bond donors (Lipinski definition) is 0. The van der Waals surface area contributed by atoms with E-state index < -0.39 is 0 Å². The van der Waals surface area contributed by atoms with Crippen molar-refractivity contribution in [1.29, 1.82) is 0 Å². The van der Waals surface area contributed by atoms with Crippen molar-refractivity contribution in [3.8, 4) is 50.2 Å². The fourth-order valence-corrected chi connectivity index (χ4v) is 11.0. The van der Waals surface area contributed by atoms with Crippen LogP contribution in [0.2, 0.25) is 0 Å². The Labute approximate surface area is 367 Å². The number of aromatic nitrogens is 1. The summed E-state index contributed by atoms with van der Waals surface area (Å²) in [6, 6.07) is 89.2. The van der Waals surface area contributed by atoms with Gasteiger partial charge in [0.25, 0.3) is 0 Å². The van der Waals surface area contributed by atoms with Crippen molar-refractivity contribution in [1.82, 2.24) is 4.57 Å². The molecule has 1 spiro atoms. The normalized spacial score (nSPS) is 12.9. The summed E-state index contributed by atoms with van der Waals surface area (Å²) in [6.07, 6.45) is 0. The Morgan fingerprint density at radius 2 is 0.698 bits per heavy atom. The van der Waals surface area contributed by atoms with Crippen molar-refractivity contribution in [3.63, 3.8) is 0 Å². The number of fused-ring (bicyclic) bond motifs is 13. The highest BCUT2D eigenvalue weighted by atomic mass is 15.1. The fourth-order valence-electron chi connectivity index (χ4n) is 11.0. The first-order valence-electron chi connectivity index (χ1n) is 21.8. The minimum absolute atomic E-state index is 0.361. The Balaban J connectivity index is 0.862. The number of benzene rings is 10. The van der Waals surface area contributed by atoms with Gasteiger partial charge < -0.3 is 9.47 Å². The number of nitrogens with zero attached hydrogens (tertiary/aromatic N) is 2. The van der Waals surface area contributed by atoms with E-state index in [1.165, 1.54) is 88.6 Å². The van der Waals surface area contributed by atoms with Crippen LogP contribution in [0, 0.1) is 0 Å². The molecule has 294 valence electrons. The van der Waals surface area contributed by atoms with Crippen molar-refractivity contribution in [3.05, 3.63) is 265 Å². The van der Waals surface area contributed by atoms with Gasteiger partial charge in [-0.05, 0) is 127 Å². The zero-order valence-corrected chi connectivity index (χ0v) is 34.5. The summed E-state index contributed by atoms with van der Waals surface area (Å²) in [5, 5.41) is 2.55. The monoisotopic (exact) mass is 800 g/mol. The first kappa shape index (κ1) is 35.5. The summed E-state index contributed by atoms with van der Waals surface area (Å²) in [5.41, 5.74) is 22.1. The molecule has 1 aromatic heterocycles. The lowest BCUT2D eigenvalue weighted by molar-refractivity contribution is 0.794. The standard InChI is InChI=1S/C61H40N2/c1-2-15-44(16-3-1)62(45-35-29-41(30-36-45)42-31-37-47(38-32-42)63-58-27-12-7-19-51(58)52-20-8-13-28-59(52)63)46-39-33-43(34-40-46)48-22-14-26-57-60(48)53-21-6-11-25-56(53)61(57)54-23-9-4-17-49(54)50-18-5-10-24-55(50)61/h1-40H. The summed E-state index contributed by atoms with van der Waals surface area (Å²) in [5.74, 6) is 0. The van der Waals surface area contributed by atoms with Crippen LogP contribution in [-0.2, 0) is 5.41 Å². The summed E-state index contributed by atoms with van der Waals surface area (Å²) >= 11 is 0. The lowest BCUT2D eigenvalue weighted by Gasteiger charge is -2.30. The molecule has 0 saturated carbocycles. The molecule has 0 unspecified atom stereocenters. The van der Waals surface area contributed by atoms with Gasteiger partial charge in [0.15, 0.2) is 0 Å². The molecule has 0 aliphatic heterocycles. The van der Waals surface area contributed by atoms with Crippen LogP contribution in [0.3, 0.4) is 0 Å². The Bertz CT molecular complexity index is 3440. The van der Waals surface area contributed by atoms with Crippen LogP contribution >= 0.6 is 0 Å². The third-order valence-corrected chi connectivity index (χ3v) is 13.6. The van der Waals surface area contributed by atoms with Crippen LogP contribution in [0.4, 0.5) is 17.1 Å². The van der Waals surface area contributed by atoms with E-state index in [4.69, 9.17) is 0 Å². The second kappa shape index (κ2) is 13.9. The predicted molar refractivity (Wildman–Crippen MR) is 263 cm³/mol. The van der Waals surface area contributed by atoms with Gasteiger partial charge in [-0.2, -0.15) is 0 Å². The van der Waals surface area contributed by atoms with E-state index in [2.05, 4.69) is 252 Å². The van der Waals surface area contributed by atoms with Crippen LogP contribution in [-0.4, -0.2) is 4.57 Å². The number of hydrogen-bond acceptors (Lipinski definition) is 1. The number of para-hydroxylation sites is 3. The smallest absolute Gasteiger partial charge is 0.0725 e. The van der Waals surface area contributed by atoms with Crippen molar-refractivity contribution in [2.24, 2.45) is 0 Å². The van der Waals surface area contributed by atoms with Crippen LogP contribution in [0.5, 0.6) is 0 Å². The molecule has 0 bridgehead atoms. The summed E-state index contributed by atoms with van der Waals surface area (Å²) in [4.78, 5) is 2.35. The first-order chi connectivity index (χ1) is 31.3. The van der Waals surface area contributed by atoms with Crippen molar-refractivity contribution in [2.75, 3.05) is 4.90 Å². The van der Waals surface area contributed by atoms with Gasteiger partial charge in [0.05, 0.1) is 16.4 Å². The van der Waals surface area contributed by atoms with Gasteiger partial charge in [-0.25, -0.2) is 0 Å². The zero-order valence-electron chi connectivity index (χ0n) is 34.5. The van der Waals surface area contributed by atoms with E-state index in [1.807, 2.05) is 0 Å². The number of anilines is 3. The molecule has 63 heavy (non-hydrogen) atoms. The molecule has 10 aromatic carbocycles. The molecular formula is C61H40N2. The minimum atomic E-state index is -0.361. The topological polar surface area (TPSA) is 8.17 Å². The molecule has 0 fully saturated rings. The van der Waals surface area contributed by atoms with E-state index in [9.17, 15) is 0 Å². The predicted octanol–water partition coefficient (Wildman–Crippen LogP) is 15.9. The maximum absolute atomic E-state index is 2.37. The molecule has 11 aromatic rings. The average Bonchev–Trinajstić information content (AvgIpc) is 3.97. The average molecular weight is 801 g/mol. The maximum atomic E-state index is 2.37. The minimum Gasteiger partial charge on any atom is -0.311 e. The number of rotatable bonds is 6. The Kier molecular flexibility index (Phi) is 7.85. The molecule has 1 heterocycles. The third-order valence-electron chi connectivity index (χ3n) is 13.6. The van der Waals surface area contributed by atoms with Gasteiger partial charge in [0, 0.05) is 33.5 Å². The van der Waals surface area contributed by atoms with E-state index >= 15 is 0 Å². The highest BCUT2D eigenvalue weighted by molar-refractivity contribution is 6.09. The molecule has 2 heteroatoms. The highest BCUT2D eigenvalue weighted by Gasteiger charge is 2.51. The molecule has 0 saturated heterocycles. The van der Waals surface area contributed by atoms with E-state index in [1.54, 1.807) is 0 Å². The zero-order chi connectivity index (χ0) is 41.5. The van der Waals surface area contributed by atoms with Crippen molar-refractivity contribution < 1.29 is 0 Å². The summed E-state index contributed by atoms with van der Waals surface area (Å²) in [7, 11) is 0. The van der Waals surface area contributed by atoms with Gasteiger partial charge in [-0.3, -0.25) is 0 Å². The molecule has 0 radical (unpaired) electrons. The Hall–Kier alpha value is -8.20. The van der Waals surface area contributed by atoms with Crippen LogP contribution in [0.25, 0.3) is 72.0 Å². The Morgan fingerprint density at radius 3 is 1.29 bits per heavy atom. The van der Waals surface area contributed by atoms with Crippen LogP contribution in [0.1, 0.15) is 22.3 Å². The summed E-state index contributed by atoms with van der Waals surface area (Å²) in [6.45, 7) is 0. The lowest BCUT2D eigenvalue weighted by atomic mass is 9.70. The largest absolute Gasteiger partial charge is 0.311 e. The molecule has 2 nitrogen and oxygen atoms in total. The maximum Gasteiger partial charge on any atom is 0.0725 e. The molecule has 0 amide bonds. The Morgan fingerprint density at radius 1 is 0.286 bits per heavy atom. The van der Waals surface area contributed by atoms with Crippen LogP contribution < -0.4 is 4.90 Å². The second-order valence-electron chi connectivity index (χ2n) is 16.8. The van der Waals surface area contributed by atoms with Gasteiger partial charge in [0.1, 0.15) is 0 Å². The highest BCUT2D eigenvalue weighted by Crippen LogP contribution is 2.64. The second-order valence-corrected chi connectivity index (χ2v) is 16.8. The molecule has 0 N–H and O–H groups in total. The van der Waals surface area contributed by atoms with Gasteiger partial charge in [0.2, 0.25) is 0 Å². The van der Waals surface area contributed by atoms with Gasteiger partial charge in [-0.15, -0.1) is 0 Å². The van der Waals surface area contributed by atoms with E-state index in [-0.39, 0.29) is 5.41 Å². The fraction of sp³-hybridized carbons (Fsp3) is 0.0164. The van der Waals surface area contributed by atoms with E-state index in [0.29, 0.717) is 0 Å². The van der Waals surface area contributed by atoms with E-state index in [0.717, 1.165) is 22.7 Å². The third kappa shape index (κ3) is 5.19. The van der Waals surface area contributed by atoms with Crippen LogP contribution in [0.15, 0.2) is 243 Å².